The average molecular weight is 436 g/mol. The molecular weight excluding hydrogens is 409 g/mol. The zero-order valence-electron chi connectivity index (χ0n) is 18.2. The molecule has 0 spiro atoms. The molecule has 2 aromatic carbocycles. The molecule has 1 fully saturated rings. The Bertz CT molecular complexity index is 1060. The number of rotatable bonds is 6. The number of amides is 1. The molecule has 1 aliphatic rings. The number of aryl methyl sites for hydroxylation is 2. The summed E-state index contributed by atoms with van der Waals surface area (Å²) in [5.74, 6) is 1.42. The molecule has 0 unspecified atom stereocenters. The summed E-state index contributed by atoms with van der Waals surface area (Å²) >= 11 is 0. The summed E-state index contributed by atoms with van der Waals surface area (Å²) in [6.07, 6.45) is 0. The predicted octanol–water partition coefficient (Wildman–Crippen LogP) is 3.70. The Morgan fingerprint density at radius 1 is 1.00 bits per heavy atom. The molecule has 1 N–H and O–H groups in total. The largest absolute Gasteiger partial charge is 0.484 e. The smallest absolute Gasteiger partial charge is 0.260 e. The van der Waals surface area contributed by atoms with Crippen LogP contribution in [0, 0.1) is 19.7 Å². The second-order valence-electron chi connectivity index (χ2n) is 7.80. The molecule has 4 rings (SSSR count). The van der Waals surface area contributed by atoms with E-state index in [4.69, 9.17) is 4.74 Å². The number of carbonyl (C=O) groups excluding carboxylic acids is 1. The van der Waals surface area contributed by atoms with Gasteiger partial charge in [0.15, 0.2) is 6.61 Å². The zero-order chi connectivity index (χ0) is 22.5. The lowest BCUT2D eigenvalue weighted by atomic mass is 10.2. The van der Waals surface area contributed by atoms with Crippen LogP contribution in [-0.2, 0) is 4.79 Å². The summed E-state index contributed by atoms with van der Waals surface area (Å²) in [5, 5.41) is 3.33. The van der Waals surface area contributed by atoms with Crippen molar-refractivity contribution in [3.05, 3.63) is 71.7 Å². The number of aromatic nitrogens is 2. The molecule has 1 amide bonds. The number of nitrogens with zero attached hydrogens (tertiary/aromatic N) is 4. The zero-order valence-corrected chi connectivity index (χ0v) is 18.2. The maximum atomic E-state index is 13.0. The Hall–Kier alpha value is -3.68. The van der Waals surface area contributed by atoms with Crippen LogP contribution in [0.4, 0.5) is 21.8 Å². The van der Waals surface area contributed by atoms with Crippen molar-refractivity contribution in [1.29, 1.82) is 0 Å². The number of carbonyl (C=O) groups is 1. The van der Waals surface area contributed by atoms with Crippen molar-refractivity contribution in [1.82, 2.24) is 14.9 Å². The van der Waals surface area contributed by atoms with E-state index in [0.29, 0.717) is 37.9 Å². The molecule has 7 nitrogen and oxygen atoms in total. The maximum Gasteiger partial charge on any atom is 0.260 e. The number of benzene rings is 2. The van der Waals surface area contributed by atoms with Crippen molar-refractivity contribution in [2.24, 2.45) is 0 Å². The van der Waals surface area contributed by atoms with E-state index in [9.17, 15) is 9.18 Å². The third kappa shape index (κ3) is 5.51. The number of halogens is 1. The maximum absolute atomic E-state index is 13.0. The predicted molar refractivity (Wildman–Crippen MR) is 122 cm³/mol. The summed E-state index contributed by atoms with van der Waals surface area (Å²) in [6, 6.07) is 15.7. The first kappa shape index (κ1) is 21.5. The van der Waals surface area contributed by atoms with Crippen LogP contribution in [0.15, 0.2) is 54.6 Å². The van der Waals surface area contributed by atoms with Crippen LogP contribution in [0.25, 0.3) is 0 Å². The van der Waals surface area contributed by atoms with Crippen LogP contribution >= 0.6 is 0 Å². The highest BCUT2D eigenvalue weighted by molar-refractivity contribution is 5.78. The Kier molecular flexibility index (Phi) is 6.49. The summed E-state index contributed by atoms with van der Waals surface area (Å²) in [5.41, 5.74) is 3.04. The third-order valence-electron chi connectivity index (χ3n) is 5.26. The molecule has 8 heteroatoms. The van der Waals surface area contributed by atoms with Crippen LogP contribution < -0.4 is 15.0 Å². The van der Waals surface area contributed by atoms with Gasteiger partial charge in [-0.1, -0.05) is 17.7 Å². The minimum absolute atomic E-state index is 0.0722. The Morgan fingerprint density at radius 3 is 2.38 bits per heavy atom. The van der Waals surface area contributed by atoms with Crippen LogP contribution in [0.5, 0.6) is 5.75 Å². The number of hydrogen-bond donors (Lipinski definition) is 1. The van der Waals surface area contributed by atoms with Crippen LogP contribution in [0.2, 0.25) is 0 Å². The van der Waals surface area contributed by atoms with Crippen LogP contribution in [0.1, 0.15) is 11.3 Å². The number of ether oxygens (including phenoxy) is 1. The molecule has 32 heavy (non-hydrogen) atoms. The second kappa shape index (κ2) is 9.64. The van der Waals surface area contributed by atoms with E-state index >= 15 is 0 Å². The highest BCUT2D eigenvalue weighted by Crippen LogP contribution is 2.20. The molecule has 0 radical (unpaired) electrons. The summed E-state index contributed by atoms with van der Waals surface area (Å²) in [7, 11) is 0. The fraction of sp³-hybridized carbons (Fsp3) is 0.292. The average Bonchev–Trinajstić information content (AvgIpc) is 2.80. The molecule has 2 heterocycles. The van der Waals surface area contributed by atoms with Crippen molar-refractivity contribution in [2.75, 3.05) is 43.0 Å². The van der Waals surface area contributed by atoms with Gasteiger partial charge in [0.1, 0.15) is 17.4 Å². The fourth-order valence-corrected chi connectivity index (χ4v) is 3.47. The fourth-order valence-electron chi connectivity index (χ4n) is 3.47. The van der Waals surface area contributed by atoms with Gasteiger partial charge in [-0.15, -0.1) is 0 Å². The van der Waals surface area contributed by atoms with Crippen molar-refractivity contribution in [2.45, 2.75) is 13.8 Å². The lowest BCUT2D eigenvalue weighted by molar-refractivity contribution is -0.133. The molecule has 0 bridgehead atoms. The van der Waals surface area contributed by atoms with Gasteiger partial charge in [-0.2, -0.15) is 4.98 Å². The second-order valence-corrected chi connectivity index (χ2v) is 7.80. The normalized spacial score (nSPS) is 13.7. The summed E-state index contributed by atoms with van der Waals surface area (Å²) in [6.45, 7) is 6.31. The molecule has 166 valence electrons. The Labute approximate surface area is 186 Å². The van der Waals surface area contributed by atoms with Gasteiger partial charge < -0.3 is 19.9 Å². The highest BCUT2D eigenvalue weighted by Gasteiger charge is 2.23. The summed E-state index contributed by atoms with van der Waals surface area (Å²) in [4.78, 5) is 25.6. The molecule has 1 aromatic heterocycles. The standard InChI is InChI=1S/C24H26FN5O2/c1-17-3-7-20(8-4-17)27-22-15-18(2)26-24(28-22)30-13-11-29(12-14-30)23(31)16-32-21-9-5-19(25)6-10-21/h3-10,15H,11-14,16H2,1-2H3,(H,26,27,28). The van der Waals surface area contributed by atoms with E-state index in [2.05, 4.69) is 27.1 Å². The van der Waals surface area contributed by atoms with Gasteiger partial charge in [0.2, 0.25) is 5.95 Å². The number of nitrogens with one attached hydrogen (secondary N) is 1. The van der Waals surface area contributed by atoms with E-state index in [-0.39, 0.29) is 18.3 Å². The first-order valence-electron chi connectivity index (χ1n) is 10.6. The van der Waals surface area contributed by atoms with Crippen LogP contribution in [-0.4, -0.2) is 53.6 Å². The number of piperazine rings is 1. The Balaban J connectivity index is 1.33. The quantitative estimate of drug-likeness (QED) is 0.637. The first-order chi connectivity index (χ1) is 15.5. The lowest BCUT2D eigenvalue weighted by Crippen LogP contribution is -2.50. The number of hydrogen-bond acceptors (Lipinski definition) is 6. The number of anilines is 3. The van der Waals surface area contributed by atoms with Gasteiger partial charge in [0.25, 0.3) is 5.91 Å². The van der Waals surface area contributed by atoms with E-state index in [1.165, 1.54) is 29.8 Å². The molecular formula is C24H26FN5O2. The molecule has 0 aliphatic carbocycles. The van der Waals surface area contributed by atoms with E-state index < -0.39 is 0 Å². The van der Waals surface area contributed by atoms with Crippen molar-refractivity contribution in [3.8, 4) is 5.75 Å². The third-order valence-corrected chi connectivity index (χ3v) is 5.26. The minimum atomic E-state index is -0.338. The molecule has 1 saturated heterocycles. The molecule has 1 aliphatic heterocycles. The van der Waals surface area contributed by atoms with Gasteiger partial charge in [0.05, 0.1) is 0 Å². The molecule has 3 aromatic rings. The van der Waals surface area contributed by atoms with Gasteiger partial charge in [-0.25, -0.2) is 9.37 Å². The molecule has 0 saturated carbocycles. The van der Waals surface area contributed by atoms with Crippen molar-refractivity contribution >= 4 is 23.4 Å². The van der Waals surface area contributed by atoms with Gasteiger partial charge in [0, 0.05) is 43.6 Å². The van der Waals surface area contributed by atoms with E-state index in [1.807, 2.05) is 37.3 Å². The summed E-state index contributed by atoms with van der Waals surface area (Å²) < 4.78 is 18.5. The van der Waals surface area contributed by atoms with E-state index in [1.54, 1.807) is 4.90 Å². The first-order valence-corrected chi connectivity index (χ1v) is 10.6. The van der Waals surface area contributed by atoms with Crippen molar-refractivity contribution in [3.63, 3.8) is 0 Å². The van der Waals surface area contributed by atoms with Crippen LogP contribution in [0.3, 0.4) is 0 Å². The lowest BCUT2D eigenvalue weighted by Gasteiger charge is -2.34. The topological polar surface area (TPSA) is 70.6 Å². The van der Waals surface area contributed by atoms with Gasteiger partial charge in [-0.3, -0.25) is 4.79 Å². The molecule has 0 atom stereocenters. The minimum Gasteiger partial charge on any atom is -0.484 e. The Morgan fingerprint density at radius 2 is 1.69 bits per heavy atom. The monoisotopic (exact) mass is 435 g/mol. The highest BCUT2D eigenvalue weighted by atomic mass is 19.1. The SMILES string of the molecule is Cc1ccc(Nc2cc(C)nc(N3CCN(C(=O)COc4ccc(F)cc4)CC3)n2)cc1. The van der Waals surface area contributed by atoms with E-state index in [0.717, 1.165) is 17.2 Å². The van der Waals surface area contributed by atoms with Gasteiger partial charge >= 0.3 is 0 Å². The van der Waals surface area contributed by atoms with Crippen molar-refractivity contribution < 1.29 is 13.9 Å². The van der Waals surface area contributed by atoms with Gasteiger partial charge in [-0.05, 0) is 50.2 Å².